The van der Waals surface area contributed by atoms with Crippen molar-refractivity contribution in [1.82, 2.24) is 15.3 Å². The molecule has 0 aromatic carbocycles. The Balaban J connectivity index is 2.19. The molecule has 27 heavy (non-hydrogen) atoms. The fraction of sp³-hybridized carbons (Fsp3) is 0.421. The molecule has 0 aliphatic heterocycles. The van der Waals surface area contributed by atoms with E-state index in [2.05, 4.69) is 28.4 Å². The average Bonchev–Trinajstić information content (AvgIpc) is 3.37. The number of aromatic nitrogens is 2. The van der Waals surface area contributed by atoms with E-state index in [9.17, 15) is 18.0 Å². The molecule has 0 saturated heterocycles. The molecule has 1 unspecified atom stereocenters. The molecule has 0 spiro atoms. The molecule has 146 valence electrons. The first-order chi connectivity index (χ1) is 12.6. The Morgan fingerprint density at radius 2 is 2.00 bits per heavy atom. The van der Waals surface area contributed by atoms with Gasteiger partial charge in [-0.25, -0.2) is 9.97 Å². The summed E-state index contributed by atoms with van der Waals surface area (Å²) in [5, 5.41) is 2.67. The number of carbonyl (C=O) groups excluding carboxylic acids is 1. The maximum Gasteiger partial charge on any atom is 0.394 e. The summed E-state index contributed by atoms with van der Waals surface area (Å²) < 4.78 is 40.2. The summed E-state index contributed by atoms with van der Waals surface area (Å²) in [5.74, 6) is -0.579. The van der Waals surface area contributed by atoms with Gasteiger partial charge < -0.3 is 5.32 Å². The monoisotopic (exact) mass is 399 g/mol. The highest BCUT2D eigenvalue weighted by Crippen LogP contribution is 2.62. The van der Waals surface area contributed by atoms with Crippen LogP contribution in [0.4, 0.5) is 13.2 Å². The highest BCUT2D eigenvalue weighted by molar-refractivity contribution is 6.35. The molecule has 2 rings (SSSR count). The molecule has 1 aromatic rings. The Morgan fingerprint density at radius 3 is 2.44 bits per heavy atom. The van der Waals surface area contributed by atoms with Crippen LogP contribution in [0.5, 0.6) is 0 Å². The van der Waals surface area contributed by atoms with Crippen molar-refractivity contribution in [3.05, 3.63) is 59.7 Å². The van der Waals surface area contributed by atoms with Crippen molar-refractivity contribution in [3.63, 3.8) is 0 Å². The molecule has 4 nitrogen and oxygen atoms in total. The number of aryl methyl sites for hydroxylation is 1. The molecular formula is C19H21ClF3N3O. The van der Waals surface area contributed by atoms with Crippen LogP contribution < -0.4 is 5.32 Å². The molecule has 0 bridgehead atoms. The van der Waals surface area contributed by atoms with Crippen LogP contribution in [0.1, 0.15) is 36.6 Å². The van der Waals surface area contributed by atoms with E-state index in [0.29, 0.717) is 11.4 Å². The van der Waals surface area contributed by atoms with E-state index >= 15 is 0 Å². The Hall–Kier alpha value is -2.15. The molecular weight excluding hydrogens is 379 g/mol. The van der Waals surface area contributed by atoms with Crippen molar-refractivity contribution in [3.8, 4) is 0 Å². The molecule has 1 N–H and O–H groups in total. The molecule has 1 saturated carbocycles. The van der Waals surface area contributed by atoms with E-state index in [1.54, 1.807) is 6.92 Å². The summed E-state index contributed by atoms with van der Waals surface area (Å²) >= 11 is 5.80. The molecule has 0 radical (unpaired) electrons. The number of amides is 1. The maximum absolute atomic E-state index is 13.4. The average molecular weight is 400 g/mol. The summed E-state index contributed by atoms with van der Waals surface area (Å²) in [6.45, 7) is 8.71. The van der Waals surface area contributed by atoms with Crippen LogP contribution in [0.25, 0.3) is 0 Å². The molecule has 1 aliphatic rings. The van der Waals surface area contributed by atoms with Gasteiger partial charge in [-0.05, 0) is 37.8 Å². The number of nitrogens with one attached hydrogen (secondary N) is 1. The third-order valence-electron chi connectivity index (χ3n) is 4.69. The lowest BCUT2D eigenvalue weighted by molar-refractivity contribution is -0.190. The van der Waals surface area contributed by atoms with Gasteiger partial charge in [0.2, 0.25) is 0 Å². The van der Waals surface area contributed by atoms with E-state index in [1.165, 1.54) is 24.5 Å². The summed E-state index contributed by atoms with van der Waals surface area (Å²) in [6.07, 6.45) is 1.56. The third-order valence-corrected chi connectivity index (χ3v) is 4.90. The van der Waals surface area contributed by atoms with Crippen molar-refractivity contribution >= 4 is 17.5 Å². The standard InChI is InChI=1S/C19H21ClF3N3O/c1-4-5-16(12(2)20)17(27)26-9-14(15-10-24-13(3)25-11-15)8-18(6-7-18)19(21,22)23/h4-5,10-11,14H,1-2,6-9H2,3H3,(H,26,27)/b16-5+. The minimum atomic E-state index is -4.28. The normalized spacial score (nSPS) is 17.1. The minimum absolute atomic E-state index is 0.00172. The molecule has 1 heterocycles. The van der Waals surface area contributed by atoms with Gasteiger partial charge in [0.25, 0.3) is 5.91 Å². The summed E-state index contributed by atoms with van der Waals surface area (Å²) in [5.41, 5.74) is -1.04. The second kappa shape index (κ2) is 8.25. The quantitative estimate of drug-likeness (QED) is 0.514. The molecule has 8 heteroatoms. The second-order valence-corrected chi connectivity index (χ2v) is 7.13. The zero-order chi connectivity index (χ0) is 20.2. The first kappa shape index (κ1) is 21.2. The Morgan fingerprint density at radius 1 is 1.41 bits per heavy atom. The lowest BCUT2D eigenvalue weighted by Crippen LogP contribution is -2.33. The van der Waals surface area contributed by atoms with Gasteiger partial charge in [-0.15, -0.1) is 0 Å². The number of hydrogen-bond donors (Lipinski definition) is 1. The number of nitrogens with zero attached hydrogens (tertiary/aromatic N) is 2. The predicted molar refractivity (Wildman–Crippen MR) is 98.1 cm³/mol. The second-order valence-electron chi connectivity index (χ2n) is 6.67. The van der Waals surface area contributed by atoms with Gasteiger partial charge in [-0.3, -0.25) is 4.79 Å². The van der Waals surface area contributed by atoms with Crippen LogP contribution in [0.2, 0.25) is 0 Å². The highest BCUT2D eigenvalue weighted by Gasteiger charge is 2.63. The predicted octanol–water partition coefficient (Wildman–Crippen LogP) is 4.58. The number of allylic oxidation sites excluding steroid dienone is 2. The third kappa shape index (κ3) is 5.19. The van der Waals surface area contributed by atoms with E-state index in [0.717, 1.165) is 0 Å². The summed E-state index contributed by atoms with van der Waals surface area (Å²) in [4.78, 5) is 20.5. The largest absolute Gasteiger partial charge is 0.394 e. The van der Waals surface area contributed by atoms with Crippen LogP contribution in [-0.2, 0) is 4.79 Å². The van der Waals surface area contributed by atoms with Crippen molar-refractivity contribution < 1.29 is 18.0 Å². The van der Waals surface area contributed by atoms with Crippen molar-refractivity contribution in [2.45, 2.75) is 38.3 Å². The number of halogens is 4. The smallest absolute Gasteiger partial charge is 0.351 e. The van der Waals surface area contributed by atoms with Crippen molar-refractivity contribution in [1.29, 1.82) is 0 Å². The molecule has 1 aromatic heterocycles. The highest BCUT2D eigenvalue weighted by atomic mass is 35.5. The van der Waals surface area contributed by atoms with Gasteiger partial charge in [-0.2, -0.15) is 13.2 Å². The molecule has 1 aliphatic carbocycles. The van der Waals surface area contributed by atoms with Crippen LogP contribution in [0.15, 0.2) is 48.3 Å². The summed E-state index contributed by atoms with van der Waals surface area (Å²) in [7, 11) is 0. The van der Waals surface area contributed by atoms with E-state index in [1.807, 2.05) is 0 Å². The topological polar surface area (TPSA) is 54.9 Å². The fourth-order valence-electron chi connectivity index (χ4n) is 2.87. The number of rotatable bonds is 8. The Kier molecular flexibility index (Phi) is 6.46. The molecule has 1 amide bonds. The lowest BCUT2D eigenvalue weighted by Gasteiger charge is -2.25. The van der Waals surface area contributed by atoms with E-state index < -0.39 is 23.4 Å². The minimum Gasteiger partial charge on any atom is -0.351 e. The lowest BCUT2D eigenvalue weighted by atomic mass is 9.87. The van der Waals surface area contributed by atoms with Crippen LogP contribution in [-0.4, -0.2) is 28.6 Å². The number of alkyl halides is 3. The Bertz CT molecular complexity index is 752. The van der Waals surface area contributed by atoms with Crippen LogP contribution >= 0.6 is 11.6 Å². The van der Waals surface area contributed by atoms with Gasteiger partial charge >= 0.3 is 6.18 Å². The number of hydrogen-bond acceptors (Lipinski definition) is 3. The van der Waals surface area contributed by atoms with E-state index in [-0.39, 0.29) is 36.4 Å². The fourth-order valence-corrected chi connectivity index (χ4v) is 3.01. The number of carbonyl (C=O) groups is 1. The van der Waals surface area contributed by atoms with Gasteiger partial charge in [-0.1, -0.05) is 30.8 Å². The SMILES string of the molecule is C=C/C=C(\C(=C)Cl)C(=O)NCC(CC1(C(F)(F)F)CC1)c1cnc(C)nc1. The summed E-state index contributed by atoms with van der Waals surface area (Å²) in [6, 6.07) is 0. The van der Waals surface area contributed by atoms with Crippen LogP contribution in [0.3, 0.4) is 0 Å². The van der Waals surface area contributed by atoms with Gasteiger partial charge in [0.15, 0.2) is 0 Å². The van der Waals surface area contributed by atoms with Gasteiger partial charge in [0, 0.05) is 29.9 Å². The van der Waals surface area contributed by atoms with E-state index in [4.69, 9.17) is 11.6 Å². The van der Waals surface area contributed by atoms with Crippen molar-refractivity contribution in [2.75, 3.05) is 6.54 Å². The van der Waals surface area contributed by atoms with Crippen LogP contribution in [0, 0.1) is 12.3 Å². The maximum atomic E-state index is 13.4. The van der Waals surface area contributed by atoms with Gasteiger partial charge in [0.1, 0.15) is 5.82 Å². The Labute approximate surface area is 161 Å². The first-order valence-electron chi connectivity index (χ1n) is 8.40. The zero-order valence-corrected chi connectivity index (χ0v) is 15.7. The van der Waals surface area contributed by atoms with Gasteiger partial charge in [0.05, 0.1) is 11.0 Å². The van der Waals surface area contributed by atoms with Crippen molar-refractivity contribution in [2.24, 2.45) is 5.41 Å². The zero-order valence-electron chi connectivity index (χ0n) is 14.9. The first-order valence-corrected chi connectivity index (χ1v) is 8.78. The molecule has 1 atom stereocenters. The molecule has 1 fully saturated rings.